The first kappa shape index (κ1) is 21.2. The van der Waals surface area contributed by atoms with E-state index in [4.69, 9.17) is 10.8 Å². The average molecular weight is 425 g/mol. The van der Waals surface area contributed by atoms with Crippen molar-refractivity contribution >= 4 is 17.5 Å². The molecule has 1 aromatic heterocycles. The van der Waals surface area contributed by atoms with Gasteiger partial charge >= 0.3 is 5.97 Å². The summed E-state index contributed by atoms with van der Waals surface area (Å²) < 4.78 is 0. The van der Waals surface area contributed by atoms with Gasteiger partial charge in [0.25, 0.3) is 0 Å². The lowest BCUT2D eigenvalue weighted by Gasteiger charge is -2.21. The predicted molar refractivity (Wildman–Crippen MR) is 127 cm³/mol. The first-order valence-corrected chi connectivity index (χ1v) is 10.3. The molecule has 0 aliphatic carbocycles. The first-order chi connectivity index (χ1) is 15.5. The summed E-state index contributed by atoms with van der Waals surface area (Å²) in [6.07, 6.45) is 3.78. The molecule has 1 heterocycles. The number of carbonyl (C=O) groups is 1. The van der Waals surface area contributed by atoms with Crippen molar-refractivity contribution in [3.05, 3.63) is 96.8 Å². The van der Waals surface area contributed by atoms with Crippen molar-refractivity contribution in [2.24, 2.45) is 5.73 Å². The summed E-state index contributed by atoms with van der Waals surface area (Å²) in [6.45, 7) is 0. The SMILES string of the molecule is CN(c1cnc(-c2ccc(C[C@H](N)C(=O)O)cc2)cn1)c1ccccc1-c1ccccc1. The first-order valence-electron chi connectivity index (χ1n) is 10.3. The second-order valence-electron chi connectivity index (χ2n) is 7.55. The highest BCUT2D eigenvalue weighted by Gasteiger charge is 2.14. The molecule has 4 rings (SSSR count). The van der Waals surface area contributed by atoms with Crippen LogP contribution in [0.2, 0.25) is 0 Å². The molecule has 6 heteroatoms. The largest absolute Gasteiger partial charge is 0.480 e. The molecule has 4 aromatic rings. The number of nitrogens with zero attached hydrogens (tertiary/aromatic N) is 3. The molecule has 0 bridgehead atoms. The number of aliphatic carboxylic acids is 1. The minimum Gasteiger partial charge on any atom is -0.480 e. The maximum atomic E-state index is 10.9. The van der Waals surface area contributed by atoms with Crippen molar-refractivity contribution in [3.8, 4) is 22.4 Å². The monoisotopic (exact) mass is 424 g/mol. The highest BCUT2D eigenvalue weighted by molar-refractivity contribution is 5.81. The zero-order valence-electron chi connectivity index (χ0n) is 17.7. The van der Waals surface area contributed by atoms with Crippen molar-refractivity contribution in [3.63, 3.8) is 0 Å². The van der Waals surface area contributed by atoms with Crippen LogP contribution >= 0.6 is 0 Å². The molecule has 0 fully saturated rings. The maximum absolute atomic E-state index is 10.9. The molecule has 0 unspecified atom stereocenters. The minimum absolute atomic E-state index is 0.284. The van der Waals surface area contributed by atoms with Crippen LogP contribution in [0, 0.1) is 0 Å². The summed E-state index contributed by atoms with van der Waals surface area (Å²) in [6, 6.07) is 25.1. The van der Waals surface area contributed by atoms with Crippen molar-refractivity contribution in [2.75, 3.05) is 11.9 Å². The van der Waals surface area contributed by atoms with Gasteiger partial charge in [-0.3, -0.25) is 9.78 Å². The fourth-order valence-electron chi connectivity index (χ4n) is 3.55. The van der Waals surface area contributed by atoms with Gasteiger partial charge in [-0.25, -0.2) is 4.98 Å². The van der Waals surface area contributed by atoms with Gasteiger partial charge in [0, 0.05) is 23.9 Å². The molecule has 0 spiro atoms. The van der Waals surface area contributed by atoms with Crippen LogP contribution in [0.25, 0.3) is 22.4 Å². The van der Waals surface area contributed by atoms with E-state index < -0.39 is 12.0 Å². The van der Waals surface area contributed by atoms with Gasteiger partial charge in [0.05, 0.1) is 18.1 Å². The van der Waals surface area contributed by atoms with Crippen molar-refractivity contribution < 1.29 is 9.90 Å². The summed E-state index contributed by atoms with van der Waals surface area (Å²) in [5.74, 6) is -0.269. The fourth-order valence-corrected chi connectivity index (χ4v) is 3.55. The lowest BCUT2D eigenvalue weighted by atomic mass is 10.0. The Morgan fingerprint density at radius 3 is 2.25 bits per heavy atom. The molecular formula is C26H24N4O2. The normalized spacial score (nSPS) is 11.7. The highest BCUT2D eigenvalue weighted by Crippen LogP contribution is 2.33. The molecule has 6 nitrogen and oxygen atoms in total. The van der Waals surface area contributed by atoms with E-state index in [2.05, 4.69) is 34.2 Å². The van der Waals surface area contributed by atoms with E-state index in [0.717, 1.165) is 39.5 Å². The van der Waals surface area contributed by atoms with Gasteiger partial charge in [0.1, 0.15) is 6.04 Å². The van der Waals surface area contributed by atoms with E-state index in [1.165, 1.54) is 0 Å². The highest BCUT2D eigenvalue weighted by atomic mass is 16.4. The maximum Gasteiger partial charge on any atom is 0.320 e. The lowest BCUT2D eigenvalue weighted by Crippen LogP contribution is -2.32. The van der Waals surface area contributed by atoms with Crippen LogP contribution in [0.3, 0.4) is 0 Å². The number of anilines is 2. The average Bonchev–Trinajstić information content (AvgIpc) is 2.84. The van der Waals surface area contributed by atoms with Gasteiger partial charge in [0.2, 0.25) is 0 Å². The standard InChI is InChI=1S/C26H24N4O2/c1-30(24-10-6-5-9-21(24)19-7-3-2-4-8-19)25-17-28-23(16-29-25)20-13-11-18(12-14-20)15-22(27)26(31)32/h2-14,16-17,22H,15,27H2,1H3,(H,31,32)/t22-/m0/s1. The Morgan fingerprint density at radius 2 is 1.59 bits per heavy atom. The number of rotatable bonds is 7. The van der Waals surface area contributed by atoms with Crippen LogP contribution in [0.15, 0.2) is 91.3 Å². The number of carboxylic acids is 1. The molecule has 32 heavy (non-hydrogen) atoms. The summed E-state index contributed by atoms with van der Waals surface area (Å²) in [5, 5.41) is 8.96. The Kier molecular flexibility index (Phi) is 6.24. The molecule has 160 valence electrons. The molecule has 0 aliphatic rings. The summed E-state index contributed by atoms with van der Waals surface area (Å²) in [4.78, 5) is 22.2. The summed E-state index contributed by atoms with van der Waals surface area (Å²) in [5.41, 5.74) is 11.4. The lowest BCUT2D eigenvalue weighted by molar-refractivity contribution is -0.138. The van der Waals surface area contributed by atoms with Gasteiger partial charge < -0.3 is 15.7 Å². The van der Waals surface area contributed by atoms with Gasteiger partial charge in [-0.1, -0.05) is 72.8 Å². The molecule has 0 radical (unpaired) electrons. The van der Waals surface area contributed by atoms with E-state index in [1.54, 1.807) is 12.4 Å². The molecule has 0 saturated carbocycles. The van der Waals surface area contributed by atoms with Crippen LogP contribution in [0.4, 0.5) is 11.5 Å². The van der Waals surface area contributed by atoms with E-state index >= 15 is 0 Å². The summed E-state index contributed by atoms with van der Waals surface area (Å²) in [7, 11) is 1.98. The Hall–Kier alpha value is -4.03. The van der Waals surface area contributed by atoms with Crippen LogP contribution in [0.1, 0.15) is 5.56 Å². The van der Waals surface area contributed by atoms with Crippen molar-refractivity contribution in [2.45, 2.75) is 12.5 Å². The topological polar surface area (TPSA) is 92.3 Å². The Labute approximate surface area is 187 Å². The number of nitrogens with two attached hydrogens (primary N) is 1. The molecule has 3 aromatic carbocycles. The molecule has 0 aliphatic heterocycles. The van der Waals surface area contributed by atoms with E-state index in [1.807, 2.05) is 66.5 Å². The Bertz CT molecular complexity index is 1190. The molecule has 0 saturated heterocycles. The molecule has 3 N–H and O–H groups in total. The number of hydrogen-bond acceptors (Lipinski definition) is 5. The molecular weight excluding hydrogens is 400 g/mol. The number of para-hydroxylation sites is 1. The van der Waals surface area contributed by atoms with Gasteiger partial charge in [-0.15, -0.1) is 0 Å². The Balaban J connectivity index is 1.54. The van der Waals surface area contributed by atoms with Gasteiger partial charge in [-0.2, -0.15) is 0 Å². The summed E-state index contributed by atoms with van der Waals surface area (Å²) >= 11 is 0. The quantitative estimate of drug-likeness (QED) is 0.453. The molecule has 0 amide bonds. The van der Waals surface area contributed by atoms with Gasteiger partial charge in [-0.05, 0) is 23.6 Å². The van der Waals surface area contributed by atoms with E-state index in [0.29, 0.717) is 0 Å². The second kappa shape index (κ2) is 9.41. The number of hydrogen-bond donors (Lipinski definition) is 2. The molecule has 1 atom stereocenters. The number of benzene rings is 3. The smallest absolute Gasteiger partial charge is 0.320 e. The number of aromatic nitrogens is 2. The second-order valence-corrected chi connectivity index (χ2v) is 7.55. The van der Waals surface area contributed by atoms with E-state index in [-0.39, 0.29) is 6.42 Å². The van der Waals surface area contributed by atoms with Crippen LogP contribution in [0.5, 0.6) is 0 Å². The van der Waals surface area contributed by atoms with Crippen molar-refractivity contribution in [1.29, 1.82) is 0 Å². The van der Waals surface area contributed by atoms with Crippen LogP contribution in [-0.2, 0) is 11.2 Å². The zero-order chi connectivity index (χ0) is 22.5. The Morgan fingerprint density at radius 1 is 0.906 bits per heavy atom. The number of carboxylic acid groups (broad SMARTS) is 1. The third kappa shape index (κ3) is 4.66. The zero-order valence-corrected chi connectivity index (χ0v) is 17.7. The fraction of sp³-hybridized carbons (Fsp3) is 0.115. The third-order valence-corrected chi connectivity index (χ3v) is 5.35. The van der Waals surface area contributed by atoms with Crippen LogP contribution in [-0.4, -0.2) is 34.1 Å². The van der Waals surface area contributed by atoms with Crippen molar-refractivity contribution in [1.82, 2.24) is 9.97 Å². The third-order valence-electron chi connectivity index (χ3n) is 5.35. The van der Waals surface area contributed by atoms with Gasteiger partial charge in [0.15, 0.2) is 5.82 Å². The predicted octanol–water partition coefficient (Wildman–Crippen LogP) is 4.53. The van der Waals surface area contributed by atoms with E-state index in [9.17, 15) is 4.79 Å². The minimum atomic E-state index is -1.01. The van der Waals surface area contributed by atoms with Crippen LogP contribution < -0.4 is 10.6 Å².